The van der Waals surface area contributed by atoms with Crippen LogP contribution in [0.25, 0.3) is 0 Å². The van der Waals surface area contributed by atoms with Gasteiger partial charge in [0.05, 0.1) is 0 Å². The first-order chi connectivity index (χ1) is 9.53. The Labute approximate surface area is 121 Å². The zero-order valence-corrected chi connectivity index (χ0v) is 12.7. The van der Waals surface area contributed by atoms with E-state index >= 15 is 0 Å². The number of hydrogen-bond donors (Lipinski definition) is 1. The Morgan fingerprint density at radius 1 is 1.10 bits per heavy atom. The summed E-state index contributed by atoms with van der Waals surface area (Å²) in [5.74, 6) is -1.03. The maximum absolute atomic E-state index is 13.7. The highest BCUT2D eigenvalue weighted by Gasteiger charge is 2.18. The third-order valence-electron chi connectivity index (χ3n) is 3.95. The molecule has 0 aromatic heterocycles. The van der Waals surface area contributed by atoms with Gasteiger partial charge in [-0.15, -0.1) is 0 Å². The summed E-state index contributed by atoms with van der Waals surface area (Å²) >= 11 is 0. The molecular weight excluding hydrogens is 258 g/mol. The highest BCUT2D eigenvalue weighted by Crippen LogP contribution is 2.19. The molecule has 0 aliphatic rings. The Kier molecular flexibility index (Phi) is 7.10. The number of halogens is 2. The summed E-state index contributed by atoms with van der Waals surface area (Å²) in [6.45, 7) is 8.78. The van der Waals surface area contributed by atoms with Crippen molar-refractivity contribution in [2.24, 2.45) is 11.7 Å². The van der Waals surface area contributed by atoms with Crippen molar-refractivity contribution in [3.05, 3.63) is 35.4 Å². The van der Waals surface area contributed by atoms with Crippen LogP contribution in [0.3, 0.4) is 0 Å². The fourth-order valence-corrected chi connectivity index (χ4v) is 2.43. The zero-order valence-electron chi connectivity index (χ0n) is 12.7. The maximum atomic E-state index is 13.7. The van der Waals surface area contributed by atoms with E-state index in [4.69, 9.17) is 5.73 Å². The molecule has 0 saturated carbocycles. The fraction of sp³-hybridized carbons (Fsp3) is 0.625. The van der Waals surface area contributed by atoms with Gasteiger partial charge in [-0.2, -0.15) is 0 Å². The third kappa shape index (κ3) is 4.53. The number of rotatable bonds is 8. The Bertz CT molecular complexity index is 405. The summed E-state index contributed by atoms with van der Waals surface area (Å²) in [7, 11) is 0. The smallest absolute Gasteiger partial charge is 0.163 e. The van der Waals surface area contributed by atoms with Crippen LogP contribution in [0, 0.1) is 17.6 Å². The van der Waals surface area contributed by atoms with Crippen LogP contribution in [0.4, 0.5) is 8.78 Å². The van der Waals surface area contributed by atoms with Gasteiger partial charge in [0.2, 0.25) is 0 Å². The molecule has 1 rings (SSSR count). The van der Waals surface area contributed by atoms with E-state index in [2.05, 4.69) is 25.7 Å². The number of benzene rings is 1. The van der Waals surface area contributed by atoms with Crippen molar-refractivity contribution in [2.45, 2.75) is 39.7 Å². The van der Waals surface area contributed by atoms with Gasteiger partial charge < -0.3 is 10.6 Å². The van der Waals surface area contributed by atoms with Crippen molar-refractivity contribution in [3.8, 4) is 0 Å². The molecule has 0 amide bonds. The van der Waals surface area contributed by atoms with Gasteiger partial charge >= 0.3 is 0 Å². The summed E-state index contributed by atoms with van der Waals surface area (Å²) in [5, 5.41) is 0. The second-order valence-corrected chi connectivity index (χ2v) is 5.28. The number of nitrogens with zero attached hydrogens (tertiary/aromatic N) is 1. The average Bonchev–Trinajstić information content (AvgIpc) is 2.46. The molecule has 1 aromatic carbocycles. The molecule has 4 heteroatoms. The molecule has 1 aromatic rings. The van der Waals surface area contributed by atoms with Crippen LogP contribution < -0.4 is 5.73 Å². The molecule has 0 aliphatic heterocycles. The standard InChI is InChI=1S/C16H26F2N2/c1-4-12(5-2)10-20(6-3)11-15(19)13-8-7-9-14(17)16(13)18/h7-9,12,15H,4-6,10-11,19H2,1-3H3. The minimum absolute atomic E-state index is 0.257. The third-order valence-corrected chi connectivity index (χ3v) is 3.95. The van der Waals surface area contributed by atoms with Crippen molar-refractivity contribution in [1.29, 1.82) is 0 Å². The molecule has 1 atom stereocenters. The van der Waals surface area contributed by atoms with Crippen LogP contribution in [0.2, 0.25) is 0 Å². The van der Waals surface area contributed by atoms with Gasteiger partial charge in [-0.3, -0.25) is 0 Å². The largest absolute Gasteiger partial charge is 0.323 e. The van der Waals surface area contributed by atoms with Gasteiger partial charge in [-0.1, -0.05) is 45.7 Å². The molecule has 0 fully saturated rings. The summed E-state index contributed by atoms with van der Waals surface area (Å²) in [6, 6.07) is 3.69. The van der Waals surface area contributed by atoms with Crippen molar-refractivity contribution in [1.82, 2.24) is 4.90 Å². The number of nitrogens with two attached hydrogens (primary N) is 1. The molecule has 0 aliphatic carbocycles. The first-order valence-corrected chi connectivity index (χ1v) is 7.45. The molecule has 0 radical (unpaired) electrons. The van der Waals surface area contributed by atoms with Crippen LogP contribution in [-0.2, 0) is 0 Å². The molecule has 0 spiro atoms. The molecular formula is C16H26F2N2. The summed E-state index contributed by atoms with van der Waals surface area (Å²) in [5.41, 5.74) is 6.31. The second-order valence-electron chi connectivity index (χ2n) is 5.28. The quantitative estimate of drug-likeness (QED) is 0.788. The van der Waals surface area contributed by atoms with Gasteiger partial charge in [-0.05, 0) is 18.5 Å². The lowest BCUT2D eigenvalue weighted by atomic mass is 10.0. The second kappa shape index (κ2) is 8.32. The van der Waals surface area contributed by atoms with Crippen molar-refractivity contribution < 1.29 is 8.78 Å². The molecule has 20 heavy (non-hydrogen) atoms. The van der Waals surface area contributed by atoms with E-state index in [0.717, 1.165) is 32.0 Å². The van der Waals surface area contributed by atoms with Crippen LogP contribution in [0.1, 0.15) is 45.2 Å². The van der Waals surface area contributed by atoms with Crippen LogP contribution >= 0.6 is 0 Å². The molecule has 0 bridgehead atoms. The van der Waals surface area contributed by atoms with Crippen LogP contribution in [0.15, 0.2) is 18.2 Å². The van der Waals surface area contributed by atoms with Crippen LogP contribution in [-0.4, -0.2) is 24.5 Å². The molecule has 2 nitrogen and oxygen atoms in total. The Morgan fingerprint density at radius 3 is 2.30 bits per heavy atom. The van der Waals surface area contributed by atoms with Crippen LogP contribution in [0.5, 0.6) is 0 Å². The van der Waals surface area contributed by atoms with Gasteiger partial charge in [0.25, 0.3) is 0 Å². The molecule has 1 unspecified atom stereocenters. The van der Waals surface area contributed by atoms with E-state index in [1.165, 1.54) is 6.07 Å². The first kappa shape index (κ1) is 17.1. The predicted molar refractivity (Wildman–Crippen MR) is 79.5 cm³/mol. The van der Waals surface area contributed by atoms with E-state index < -0.39 is 17.7 Å². The summed E-state index contributed by atoms with van der Waals surface area (Å²) < 4.78 is 27.0. The molecule has 0 saturated heterocycles. The highest BCUT2D eigenvalue weighted by molar-refractivity contribution is 5.22. The minimum atomic E-state index is -0.832. The van der Waals surface area contributed by atoms with Gasteiger partial charge in [0.15, 0.2) is 11.6 Å². The van der Waals surface area contributed by atoms with E-state index in [1.54, 1.807) is 6.07 Å². The van der Waals surface area contributed by atoms with Gasteiger partial charge in [0.1, 0.15) is 0 Å². The van der Waals surface area contributed by atoms with Crippen molar-refractivity contribution in [3.63, 3.8) is 0 Å². The SMILES string of the molecule is CCC(CC)CN(CC)CC(N)c1cccc(F)c1F. The van der Waals surface area contributed by atoms with Gasteiger partial charge in [-0.25, -0.2) is 8.78 Å². The Hall–Kier alpha value is -1.00. The molecule has 0 heterocycles. The van der Waals surface area contributed by atoms with Gasteiger partial charge in [0, 0.05) is 24.7 Å². The van der Waals surface area contributed by atoms with E-state index in [0.29, 0.717) is 12.5 Å². The zero-order chi connectivity index (χ0) is 15.1. The summed E-state index contributed by atoms with van der Waals surface area (Å²) in [6.07, 6.45) is 2.24. The summed E-state index contributed by atoms with van der Waals surface area (Å²) in [4.78, 5) is 2.21. The fourth-order valence-electron chi connectivity index (χ4n) is 2.43. The topological polar surface area (TPSA) is 29.3 Å². The predicted octanol–water partition coefficient (Wildman–Crippen LogP) is 3.72. The van der Waals surface area contributed by atoms with Crippen molar-refractivity contribution >= 4 is 0 Å². The minimum Gasteiger partial charge on any atom is -0.323 e. The van der Waals surface area contributed by atoms with Crippen molar-refractivity contribution in [2.75, 3.05) is 19.6 Å². The Morgan fingerprint density at radius 2 is 1.75 bits per heavy atom. The normalized spacial score (nSPS) is 13.2. The lowest BCUT2D eigenvalue weighted by Gasteiger charge is -2.28. The number of likely N-dealkylation sites (N-methyl/N-ethyl adjacent to an activating group) is 1. The number of hydrogen-bond acceptors (Lipinski definition) is 2. The van der Waals surface area contributed by atoms with E-state index in [-0.39, 0.29) is 5.56 Å². The lowest BCUT2D eigenvalue weighted by molar-refractivity contribution is 0.220. The molecule has 114 valence electrons. The molecule has 2 N–H and O–H groups in total. The monoisotopic (exact) mass is 284 g/mol. The first-order valence-electron chi connectivity index (χ1n) is 7.45. The average molecular weight is 284 g/mol. The highest BCUT2D eigenvalue weighted by atomic mass is 19.2. The lowest BCUT2D eigenvalue weighted by Crippen LogP contribution is -2.36. The van der Waals surface area contributed by atoms with E-state index in [1.807, 2.05) is 0 Å². The van der Waals surface area contributed by atoms with E-state index in [9.17, 15) is 8.78 Å². The Balaban J connectivity index is 2.71. The maximum Gasteiger partial charge on any atom is 0.163 e.